The fourth-order valence-corrected chi connectivity index (χ4v) is 3.46. The van der Waals surface area contributed by atoms with Gasteiger partial charge in [0.25, 0.3) is 5.69 Å². The Bertz CT molecular complexity index is 875. The van der Waals surface area contributed by atoms with Gasteiger partial charge in [0.15, 0.2) is 0 Å². The standard InChI is InChI=1S/C22H26N2O7/c1-14-20(23-15(2)25)22(30-18-10-8-17(9-11-18)24(27)28)31-19(21(14)26)13-29-12-16-6-4-3-5-7-16/h3-11,14,19-22,26H,12-13H2,1-2H3,(H,23,25)/t14-,19?,20?,21+,22-/m1/s1. The maximum atomic E-state index is 11.7. The van der Waals surface area contributed by atoms with Gasteiger partial charge in [0.05, 0.1) is 30.3 Å². The first-order chi connectivity index (χ1) is 14.8. The van der Waals surface area contributed by atoms with Gasteiger partial charge in [-0.3, -0.25) is 14.9 Å². The number of carbonyl (C=O) groups is 1. The SMILES string of the molecule is CC(=O)NC1[C@H](Oc2ccc([N+](=O)[O-])cc2)OC(COCc2ccccc2)[C@@H](O)[C@@H]1C. The van der Waals surface area contributed by atoms with Crippen molar-refractivity contribution in [2.24, 2.45) is 5.92 Å². The zero-order valence-corrected chi connectivity index (χ0v) is 17.3. The molecule has 166 valence electrons. The lowest BCUT2D eigenvalue weighted by atomic mass is 9.88. The number of amides is 1. The Balaban J connectivity index is 1.69. The van der Waals surface area contributed by atoms with E-state index in [9.17, 15) is 20.0 Å². The van der Waals surface area contributed by atoms with Crippen LogP contribution in [-0.2, 0) is 20.9 Å². The van der Waals surface area contributed by atoms with Crippen molar-refractivity contribution in [1.29, 1.82) is 0 Å². The van der Waals surface area contributed by atoms with Gasteiger partial charge < -0.3 is 24.6 Å². The fourth-order valence-electron chi connectivity index (χ4n) is 3.46. The number of nitrogens with one attached hydrogen (secondary N) is 1. The van der Waals surface area contributed by atoms with Gasteiger partial charge in [-0.2, -0.15) is 0 Å². The number of nitro benzene ring substituents is 1. The van der Waals surface area contributed by atoms with Gasteiger partial charge in [-0.15, -0.1) is 0 Å². The molecule has 5 atom stereocenters. The Morgan fingerprint density at radius 3 is 2.48 bits per heavy atom. The number of rotatable bonds is 8. The first kappa shape index (κ1) is 22.7. The summed E-state index contributed by atoms with van der Waals surface area (Å²) in [5.41, 5.74) is 0.932. The summed E-state index contributed by atoms with van der Waals surface area (Å²) in [5, 5.41) is 24.3. The van der Waals surface area contributed by atoms with E-state index in [0.29, 0.717) is 12.4 Å². The second kappa shape index (κ2) is 10.3. The lowest BCUT2D eigenvalue weighted by Crippen LogP contribution is -2.62. The van der Waals surface area contributed by atoms with E-state index in [4.69, 9.17) is 14.2 Å². The number of aliphatic hydroxyl groups excluding tert-OH is 1. The number of hydrogen-bond acceptors (Lipinski definition) is 7. The number of nitro groups is 1. The van der Waals surface area contributed by atoms with Gasteiger partial charge in [0.1, 0.15) is 11.9 Å². The van der Waals surface area contributed by atoms with Crippen molar-refractivity contribution in [3.8, 4) is 5.75 Å². The van der Waals surface area contributed by atoms with Crippen molar-refractivity contribution < 1.29 is 29.0 Å². The van der Waals surface area contributed by atoms with E-state index in [-0.39, 0.29) is 24.1 Å². The molecule has 0 aliphatic carbocycles. The summed E-state index contributed by atoms with van der Waals surface area (Å²) in [6, 6.07) is 14.6. The number of benzene rings is 2. The van der Waals surface area contributed by atoms with Gasteiger partial charge in [-0.25, -0.2) is 0 Å². The van der Waals surface area contributed by atoms with Crippen molar-refractivity contribution in [2.45, 2.75) is 45.0 Å². The highest BCUT2D eigenvalue weighted by molar-refractivity contribution is 5.73. The molecule has 2 aromatic carbocycles. The second-order valence-electron chi connectivity index (χ2n) is 7.49. The fraction of sp³-hybridized carbons (Fsp3) is 0.409. The predicted octanol–water partition coefficient (Wildman–Crippen LogP) is 2.42. The van der Waals surface area contributed by atoms with Crippen LogP contribution in [0.5, 0.6) is 5.75 Å². The molecule has 0 radical (unpaired) electrons. The summed E-state index contributed by atoms with van der Waals surface area (Å²) in [7, 11) is 0. The molecule has 1 heterocycles. The van der Waals surface area contributed by atoms with E-state index in [1.54, 1.807) is 6.92 Å². The van der Waals surface area contributed by atoms with Gasteiger partial charge in [0.2, 0.25) is 12.2 Å². The van der Waals surface area contributed by atoms with E-state index in [1.807, 2.05) is 30.3 Å². The summed E-state index contributed by atoms with van der Waals surface area (Å²) < 4.78 is 17.6. The number of carbonyl (C=O) groups excluding carboxylic acids is 1. The van der Waals surface area contributed by atoms with Gasteiger partial charge in [0, 0.05) is 25.0 Å². The first-order valence-corrected chi connectivity index (χ1v) is 9.98. The van der Waals surface area contributed by atoms with Crippen molar-refractivity contribution in [2.75, 3.05) is 6.61 Å². The van der Waals surface area contributed by atoms with Gasteiger partial charge >= 0.3 is 0 Å². The molecular weight excluding hydrogens is 404 g/mol. The van der Waals surface area contributed by atoms with E-state index in [1.165, 1.54) is 31.2 Å². The molecule has 2 N–H and O–H groups in total. The smallest absolute Gasteiger partial charge is 0.269 e. The quantitative estimate of drug-likeness (QED) is 0.487. The van der Waals surface area contributed by atoms with Crippen LogP contribution in [0.1, 0.15) is 19.4 Å². The molecule has 1 saturated heterocycles. The minimum Gasteiger partial charge on any atom is -0.463 e. The molecule has 1 amide bonds. The van der Waals surface area contributed by atoms with Crippen molar-refractivity contribution >= 4 is 11.6 Å². The number of aliphatic hydroxyl groups is 1. The number of nitrogens with zero attached hydrogens (tertiary/aromatic N) is 1. The third-order valence-corrected chi connectivity index (χ3v) is 5.15. The summed E-state index contributed by atoms with van der Waals surface area (Å²) in [4.78, 5) is 22.0. The maximum Gasteiger partial charge on any atom is 0.269 e. The number of ether oxygens (including phenoxy) is 3. The molecule has 0 bridgehead atoms. The monoisotopic (exact) mass is 430 g/mol. The van der Waals surface area contributed by atoms with Crippen LogP contribution in [0.25, 0.3) is 0 Å². The van der Waals surface area contributed by atoms with Crippen LogP contribution in [-0.4, -0.2) is 47.1 Å². The largest absolute Gasteiger partial charge is 0.463 e. The molecule has 9 heteroatoms. The summed E-state index contributed by atoms with van der Waals surface area (Å²) in [6.45, 7) is 3.67. The van der Waals surface area contributed by atoms with Crippen LogP contribution in [0.15, 0.2) is 54.6 Å². The Morgan fingerprint density at radius 1 is 1.19 bits per heavy atom. The molecule has 2 unspecified atom stereocenters. The van der Waals surface area contributed by atoms with E-state index in [2.05, 4.69) is 5.32 Å². The summed E-state index contributed by atoms with van der Waals surface area (Å²) >= 11 is 0. The van der Waals surface area contributed by atoms with E-state index in [0.717, 1.165) is 5.56 Å². The molecule has 0 aromatic heterocycles. The van der Waals surface area contributed by atoms with Crippen LogP contribution in [0.3, 0.4) is 0 Å². The van der Waals surface area contributed by atoms with E-state index >= 15 is 0 Å². The number of hydrogen-bond donors (Lipinski definition) is 2. The lowest BCUT2D eigenvalue weighted by Gasteiger charge is -2.43. The highest BCUT2D eigenvalue weighted by atomic mass is 16.7. The van der Waals surface area contributed by atoms with Crippen LogP contribution in [0.4, 0.5) is 5.69 Å². The lowest BCUT2D eigenvalue weighted by molar-refractivity contribution is -0.384. The Morgan fingerprint density at radius 2 is 1.87 bits per heavy atom. The molecule has 31 heavy (non-hydrogen) atoms. The summed E-state index contributed by atoms with van der Waals surface area (Å²) in [5.74, 6) is -0.326. The second-order valence-corrected chi connectivity index (χ2v) is 7.49. The zero-order valence-electron chi connectivity index (χ0n) is 17.3. The van der Waals surface area contributed by atoms with E-state index < -0.39 is 29.5 Å². The molecule has 0 spiro atoms. The highest BCUT2D eigenvalue weighted by Gasteiger charge is 2.44. The summed E-state index contributed by atoms with van der Waals surface area (Å²) in [6.07, 6.45) is -2.47. The maximum absolute atomic E-state index is 11.7. The Hall–Kier alpha value is -3.01. The third-order valence-electron chi connectivity index (χ3n) is 5.15. The van der Waals surface area contributed by atoms with Crippen molar-refractivity contribution in [3.05, 3.63) is 70.3 Å². The zero-order chi connectivity index (χ0) is 22.4. The number of non-ortho nitro benzene ring substituents is 1. The minimum absolute atomic E-state index is 0.0636. The molecule has 1 aliphatic heterocycles. The average Bonchev–Trinajstić information content (AvgIpc) is 2.75. The molecule has 9 nitrogen and oxygen atoms in total. The Kier molecular flexibility index (Phi) is 7.56. The van der Waals surface area contributed by atoms with Gasteiger partial charge in [-0.1, -0.05) is 37.3 Å². The van der Waals surface area contributed by atoms with Crippen LogP contribution < -0.4 is 10.1 Å². The Labute approximate surface area is 180 Å². The average molecular weight is 430 g/mol. The molecule has 3 rings (SSSR count). The van der Waals surface area contributed by atoms with Crippen molar-refractivity contribution in [3.63, 3.8) is 0 Å². The topological polar surface area (TPSA) is 120 Å². The molecule has 0 saturated carbocycles. The molecule has 1 fully saturated rings. The van der Waals surface area contributed by atoms with Gasteiger partial charge in [-0.05, 0) is 17.7 Å². The van der Waals surface area contributed by atoms with Crippen LogP contribution in [0, 0.1) is 16.0 Å². The normalized spacial score (nSPS) is 25.6. The highest BCUT2D eigenvalue weighted by Crippen LogP contribution is 2.29. The first-order valence-electron chi connectivity index (χ1n) is 9.98. The molecule has 2 aromatic rings. The minimum atomic E-state index is -0.908. The molecular formula is C22H26N2O7. The third kappa shape index (κ3) is 6.00. The van der Waals surface area contributed by atoms with Crippen LogP contribution in [0.2, 0.25) is 0 Å². The predicted molar refractivity (Wildman–Crippen MR) is 111 cm³/mol. The van der Waals surface area contributed by atoms with Crippen LogP contribution >= 0.6 is 0 Å². The molecule has 1 aliphatic rings. The van der Waals surface area contributed by atoms with Crippen molar-refractivity contribution in [1.82, 2.24) is 5.32 Å².